The molecular formula is C21H16BrN3O4S3. The number of benzene rings is 2. The van der Waals surface area contributed by atoms with Crippen molar-refractivity contribution in [1.29, 1.82) is 0 Å². The van der Waals surface area contributed by atoms with Crippen LogP contribution in [0.25, 0.3) is 10.6 Å². The fraction of sp³-hybridized carbons (Fsp3) is 0.0476. The number of anilines is 2. The molecule has 2 N–H and O–H groups in total. The van der Waals surface area contributed by atoms with Crippen LogP contribution in [0.4, 0.5) is 10.8 Å². The predicted octanol–water partition coefficient (Wildman–Crippen LogP) is 5.70. The summed E-state index contributed by atoms with van der Waals surface area (Å²) in [5.41, 5.74) is 1.52. The molecule has 2 heterocycles. The molecule has 2 aromatic heterocycles. The number of hydrogen-bond donors (Lipinski definition) is 2. The predicted molar refractivity (Wildman–Crippen MR) is 131 cm³/mol. The minimum atomic E-state index is -3.76. The van der Waals surface area contributed by atoms with E-state index in [2.05, 4.69) is 31.0 Å². The molecule has 1 amide bonds. The van der Waals surface area contributed by atoms with E-state index < -0.39 is 10.0 Å². The van der Waals surface area contributed by atoms with E-state index in [4.69, 9.17) is 4.74 Å². The van der Waals surface area contributed by atoms with Gasteiger partial charge in [-0.2, -0.15) is 0 Å². The third-order valence-corrected chi connectivity index (χ3v) is 8.12. The molecule has 4 aromatic rings. The average molecular weight is 550 g/mol. The van der Waals surface area contributed by atoms with Crippen molar-refractivity contribution in [3.05, 3.63) is 75.4 Å². The number of thiazole rings is 1. The van der Waals surface area contributed by atoms with Crippen LogP contribution in [0.2, 0.25) is 0 Å². The summed E-state index contributed by atoms with van der Waals surface area (Å²) in [4.78, 5) is 18.1. The Labute approximate surface area is 201 Å². The number of amides is 1. The van der Waals surface area contributed by atoms with Crippen molar-refractivity contribution in [1.82, 2.24) is 4.98 Å². The van der Waals surface area contributed by atoms with E-state index in [0.717, 1.165) is 14.4 Å². The van der Waals surface area contributed by atoms with Gasteiger partial charge in [-0.25, -0.2) is 13.4 Å². The van der Waals surface area contributed by atoms with Gasteiger partial charge in [-0.15, -0.1) is 22.7 Å². The minimum absolute atomic E-state index is 0.109. The Morgan fingerprint density at radius 3 is 2.38 bits per heavy atom. The summed E-state index contributed by atoms with van der Waals surface area (Å²) >= 11 is 6.32. The van der Waals surface area contributed by atoms with Crippen molar-refractivity contribution in [3.63, 3.8) is 0 Å². The number of methoxy groups -OCH3 is 1. The number of aromatic nitrogens is 1. The number of carbonyl (C=O) groups excluding carboxylic acids is 1. The molecule has 0 aliphatic carbocycles. The first-order valence-corrected chi connectivity index (χ1v) is 13.1. The van der Waals surface area contributed by atoms with Crippen LogP contribution >= 0.6 is 38.6 Å². The zero-order valence-corrected chi connectivity index (χ0v) is 20.6. The third kappa shape index (κ3) is 5.18. The Morgan fingerprint density at radius 2 is 1.75 bits per heavy atom. The highest BCUT2D eigenvalue weighted by molar-refractivity contribution is 9.11. The molecule has 7 nitrogen and oxygen atoms in total. The number of hydrogen-bond acceptors (Lipinski definition) is 7. The van der Waals surface area contributed by atoms with Gasteiger partial charge in [0.2, 0.25) is 0 Å². The smallest absolute Gasteiger partial charge is 0.261 e. The van der Waals surface area contributed by atoms with E-state index in [1.807, 2.05) is 17.5 Å². The number of ether oxygens (including phenoxy) is 1. The average Bonchev–Trinajstić information content (AvgIpc) is 3.43. The highest BCUT2D eigenvalue weighted by atomic mass is 79.9. The zero-order chi connectivity index (χ0) is 22.7. The summed E-state index contributed by atoms with van der Waals surface area (Å²) in [6.07, 6.45) is 0. The number of thiophene rings is 1. The Kier molecular flexibility index (Phi) is 6.60. The lowest BCUT2D eigenvalue weighted by molar-refractivity contribution is 0.102. The molecule has 0 aliphatic rings. The number of carbonyl (C=O) groups is 1. The van der Waals surface area contributed by atoms with Crippen molar-refractivity contribution in [2.75, 3.05) is 17.1 Å². The van der Waals surface area contributed by atoms with Gasteiger partial charge in [0.25, 0.3) is 15.9 Å². The van der Waals surface area contributed by atoms with Crippen molar-refractivity contribution < 1.29 is 17.9 Å². The van der Waals surface area contributed by atoms with Crippen LogP contribution in [0.15, 0.2) is 74.7 Å². The molecule has 0 bridgehead atoms. The maximum Gasteiger partial charge on any atom is 0.261 e. The molecule has 0 aliphatic heterocycles. The maximum absolute atomic E-state index is 12.5. The van der Waals surface area contributed by atoms with Gasteiger partial charge in [0, 0.05) is 16.6 Å². The maximum atomic E-state index is 12.5. The summed E-state index contributed by atoms with van der Waals surface area (Å²) < 4.78 is 33.6. The van der Waals surface area contributed by atoms with Crippen molar-refractivity contribution >= 4 is 65.4 Å². The number of nitrogens with zero attached hydrogens (tertiary/aromatic N) is 1. The first-order valence-electron chi connectivity index (χ1n) is 9.13. The van der Waals surface area contributed by atoms with Crippen LogP contribution in [-0.4, -0.2) is 26.4 Å². The summed E-state index contributed by atoms with van der Waals surface area (Å²) in [5.74, 6) is 0.234. The van der Waals surface area contributed by atoms with Crippen LogP contribution in [0.3, 0.4) is 0 Å². The lowest BCUT2D eigenvalue weighted by atomic mass is 10.2. The van der Waals surface area contributed by atoms with E-state index in [9.17, 15) is 13.2 Å². The summed E-state index contributed by atoms with van der Waals surface area (Å²) in [6, 6.07) is 16.1. The van der Waals surface area contributed by atoms with Gasteiger partial charge in [-0.1, -0.05) is 0 Å². The van der Waals surface area contributed by atoms with E-state index in [-0.39, 0.29) is 10.8 Å². The molecule has 0 fully saturated rings. The van der Waals surface area contributed by atoms with Crippen LogP contribution < -0.4 is 14.8 Å². The third-order valence-electron chi connectivity index (χ3n) is 4.32. The first-order chi connectivity index (χ1) is 15.3. The second kappa shape index (κ2) is 9.41. The fourth-order valence-electron chi connectivity index (χ4n) is 2.72. The van der Waals surface area contributed by atoms with Crippen molar-refractivity contribution in [3.8, 4) is 16.3 Å². The molecule has 0 saturated heterocycles. The van der Waals surface area contributed by atoms with Crippen LogP contribution in [-0.2, 0) is 10.0 Å². The van der Waals surface area contributed by atoms with Gasteiger partial charge in [0.1, 0.15) is 5.75 Å². The number of nitrogens with one attached hydrogen (secondary N) is 2. The van der Waals surface area contributed by atoms with Gasteiger partial charge in [-0.3, -0.25) is 14.8 Å². The van der Waals surface area contributed by atoms with Crippen LogP contribution in [0.5, 0.6) is 5.75 Å². The van der Waals surface area contributed by atoms with E-state index in [0.29, 0.717) is 22.1 Å². The number of sulfonamides is 1. The van der Waals surface area contributed by atoms with Crippen molar-refractivity contribution in [2.24, 2.45) is 0 Å². The van der Waals surface area contributed by atoms with E-state index >= 15 is 0 Å². The minimum Gasteiger partial charge on any atom is -0.497 e. The van der Waals surface area contributed by atoms with Gasteiger partial charge in [0.15, 0.2) is 5.13 Å². The Bertz CT molecular complexity index is 1350. The Hall–Kier alpha value is -2.73. The van der Waals surface area contributed by atoms with Gasteiger partial charge in [-0.05, 0) is 76.6 Å². The molecule has 0 radical (unpaired) electrons. The Balaban J connectivity index is 1.41. The first kappa shape index (κ1) is 22.5. The number of rotatable bonds is 7. The summed E-state index contributed by atoms with van der Waals surface area (Å²) in [6.45, 7) is 0. The molecule has 0 atom stereocenters. The molecule has 0 saturated carbocycles. The second-order valence-corrected chi connectivity index (χ2v) is 11.5. The molecular weight excluding hydrogens is 534 g/mol. The second-order valence-electron chi connectivity index (χ2n) is 6.45. The van der Waals surface area contributed by atoms with E-state index in [1.165, 1.54) is 42.7 Å². The summed E-state index contributed by atoms with van der Waals surface area (Å²) in [5, 5.41) is 5.14. The molecule has 32 heavy (non-hydrogen) atoms. The normalized spacial score (nSPS) is 11.2. The molecule has 4 rings (SSSR count). The fourth-order valence-corrected chi connectivity index (χ4v) is 5.91. The van der Waals surface area contributed by atoms with E-state index in [1.54, 1.807) is 35.6 Å². The van der Waals surface area contributed by atoms with Gasteiger partial charge < -0.3 is 4.74 Å². The molecule has 11 heteroatoms. The highest BCUT2D eigenvalue weighted by Crippen LogP contribution is 2.33. The SMILES string of the molecule is COc1ccc(S(=O)(=O)Nc2ccc(C(=O)Nc3nc(-c4ccc(Br)s4)cs3)cc2)cc1. The summed E-state index contributed by atoms with van der Waals surface area (Å²) in [7, 11) is -2.25. The molecule has 2 aromatic carbocycles. The Morgan fingerprint density at radius 1 is 1.03 bits per heavy atom. The lowest BCUT2D eigenvalue weighted by Crippen LogP contribution is -2.14. The van der Waals surface area contributed by atoms with Crippen molar-refractivity contribution in [2.45, 2.75) is 4.90 Å². The molecule has 164 valence electrons. The lowest BCUT2D eigenvalue weighted by Gasteiger charge is -2.09. The molecule has 0 spiro atoms. The zero-order valence-electron chi connectivity index (χ0n) is 16.5. The topological polar surface area (TPSA) is 97.4 Å². The monoisotopic (exact) mass is 549 g/mol. The number of halogens is 1. The highest BCUT2D eigenvalue weighted by Gasteiger charge is 2.15. The molecule has 0 unspecified atom stereocenters. The van der Waals surface area contributed by atoms with Crippen LogP contribution in [0.1, 0.15) is 10.4 Å². The quantitative estimate of drug-likeness (QED) is 0.308. The van der Waals surface area contributed by atoms with Gasteiger partial charge >= 0.3 is 0 Å². The largest absolute Gasteiger partial charge is 0.497 e. The van der Waals surface area contributed by atoms with Gasteiger partial charge in [0.05, 0.1) is 26.4 Å². The standard InChI is InChI=1S/C21H16BrN3O4S3/c1-29-15-6-8-16(9-7-15)32(27,28)25-14-4-2-13(3-5-14)20(26)24-21-23-17(12-30-21)18-10-11-19(22)31-18/h2-12,25H,1H3,(H,23,24,26). The van der Waals surface area contributed by atoms with Crippen LogP contribution in [0, 0.1) is 0 Å².